The molecule has 3 amide bonds. The minimum Gasteiger partial charge on any atom is -0.458 e. The van der Waals surface area contributed by atoms with E-state index in [2.05, 4.69) is 37.1 Å². The Morgan fingerprint density at radius 1 is 0.787 bits per heavy atom. The molecule has 0 aliphatic carbocycles. The van der Waals surface area contributed by atoms with Gasteiger partial charge in [-0.25, -0.2) is 9.59 Å². The predicted octanol–water partition coefficient (Wildman–Crippen LogP) is 6.58. The fourth-order valence-electron chi connectivity index (χ4n) is 5.11. The fourth-order valence-corrected chi connectivity index (χ4v) is 5.35. The van der Waals surface area contributed by atoms with E-state index >= 15 is 0 Å². The van der Waals surface area contributed by atoms with Crippen LogP contribution >= 0.6 is 12.6 Å². The van der Waals surface area contributed by atoms with Crippen LogP contribution in [0.5, 0.6) is 0 Å². The largest absolute Gasteiger partial charge is 0.458 e. The second-order valence-corrected chi connectivity index (χ2v) is 14.9. The summed E-state index contributed by atoms with van der Waals surface area (Å²) >= 11 is 4.41. The van der Waals surface area contributed by atoms with Gasteiger partial charge in [0.05, 0.1) is 0 Å². The SMILES string of the molecule is Cc1ccccc1C(C(=O)NC(Cc1ccccc1)C(=O)OC(C)(C)C)N(C(=O)C(CS)NC(=O)OC(C)(C)C)C(C)CCC(C)C. The first-order valence-electron chi connectivity index (χ1n) is 16.4. The molecular formula is C37H55N3O6S. The van der Waals surface area contributed by atoms with Crippen LogP contribution in [0.1, 0.15) is 97.9 Å². The maximum absolute atomic E-state index is 14.6. The molecule has 4 atom stereocenters. The molecule has 2 rings (SSSR count). The lowest BCUT2D eigenvalue weighted by atomic mass is 9.94. The van der Waals surface area contributed by atoms with Gasteiger partial charge in [-0.3, -0.25) is 9.59 Å². The smallest absolute Gasteiger partial charge is 0.408 e. The highest BCUT2D eigenvalue weighted by Gasteiger charge is 2.40. The number of nitrogens with one attached hydrogen (secondary N) is 2. The van der Waals surface area contributed by atoms with Gasteiger partial charge >= 0.3 is 12.1 Å². The molecule has 0 aliphatic rings. The molecular weight excluding hydrogens is 614 g/mol. The summed E-state index contributed by atoms with van der Waals surface area (Å²) in [6.45, 7) is 18.5. The molecule has 0 saturated heterocycles. The number of ether oxygens (including phenoxy) is 2. The van der Waals surface area contributed by atoms with Crippen LogP contribution < -0.4 is 10.6 Å². The van der Waals surface area contributed by atoms with Crippen LogP contribution in [0.4, 0.5) is 4.79 Å². The Morgan fingerprint density at radius 2 is 1.36 bits per heavy atom. The minimum atomic E-state index is -1.13. The van der Waals surface area contributed by atoms with E-state index in [1.54, 1.807) is 41.5 Å². The van der Waals surface area contributed by atoms with Gasteiger partial charge in [0.2, 0.25) is 11.8 Å². The Balaban J connectivity index is 2.66. The van der Waals surface area contributed by atoms with Crippen molar-refractivity contribution in [2.75, 3.05) is 5.75 Å². The molecule has 0 heterocycles. The number of thiol groups is 1. The van der Waals surface area contributed by atoms with Gasteiger partial charge in [-0.2, -0.15) is 12.6 Å². The summed E-state index contributed by atoms with van der Waals surface area (Å²) in [7, 11) is 0. The topological polar surface area (TPSA) is 114 Å². The predicted molar refractivity (Wildman–Crippen MR) is 189 cm³/mol. The van der Waals surface area contributed by atoms with E-state index in [1.807, 2.05) is 68.4 Å². The lowest BCUT2D eigenvalue weighted by Crippen LogP contribution is -2.57. The number of benzene rings is 2. The Labute approximate surface area is 286 Å². The second-order valence-electron chi connectivity index (χ2n) is 14.5. The van der Waals surface area contributed by atoms with Crippen molar-refractivity contribution < 1.29 is 28.7 Å². The van der Waals surface area contributed by atoms with Crippen LogP contribution in [0.3, 0.4) is 0 Å². The van der Waals surface area contributed by atoms with Gasteiger partial charge in [0.1, 0.15) is 29.3 Å². The van der Waals surface area contributed by atoms with Crippen molar-refractivity contribution in [3.63, 3.8) is 0 Å². The lowest BCUT2D eigenvalue weighted by molar-refractivity contribution is -0.159. The Bertz CT molecular complexity index is 1340. The van der Waals surface area contributed by atoms with Crippen molar-refractivity contribution in [2.24, 2.45) is 5.92 Å². The third-order valence-corrected chi connectivity index (χ3v) is 7.73. The van der Waals surface area contributed by atoms with Crippen molar-refractivity contribution in [3.8, 4) is 0 Å². The van der Waals surface area contributed by atoms with Crippen molar-refractivity contribution in [3.05, 3.63) is 71.3 Å². The molecule has 9 nitrogen and oxygen atoms in total. The molecule has 0 fully saturated rings. The molecule has 2 aromatic rings. The van der Waals surface area contributed by atoms with Crippen molar-refractivity contribution in [1.29, 1.82) is 0 Å². The van der Waals surface area contributed by atoms with Crippen LogP contribution in [0.25, 0.3) is 0 Å². The van der Waals surface area contributed by atoms with E-state index in [9.17, 15) is 19.2 Å². The zero-order valence-corrected chi connectivity index (χ0v) is 30.6. The summed E-state index contributed by atoms with van der Waals surface area (Å²) in [6.07, 6.45) is 0.833. The lowest BCUT2D eigenvalue weighted by Gasteiger charge is -2.39. The first-order chi connectivity index (χ1) is 21.8. The average molecular weight is 670 g/mol. The van der Waals surface area contributed by atoms with Crippen LogP contribution in [-0.4, -0.2) is 63.9 Å². The van der Waals surface area contributed by atoms with E-state index in [1.165, 1.54) is 4.90 Å². The van der Waals surface area contributed by atoms with Gasteiger partial charge in [0, 0.05) is 18.2 Å². The van der Waals surface area contributed by atoms with Crippen LogP contribution in [-0.2, 0) is 30.3 Å². The molecule has 0 bridgehead atoms. The number of rotatable bonds is 14. The number of nitrogens with zero attached hydrogens (tertiary/aromatic N) is 1. The molecule has 260 valence electrons. The number of hydrogen-bond donors (Lipinski definition) is 3. The number of alkyl carbamates (subject to hydrolysis) is 1. The van der Waals surface area contributed by atoms with Crippen LogP contribution in [0.2, 0.25) is 0 Å². The normalized spacial score (nSPS) is 14.4. The molecule has 0 saturated carbocycles. The van der Waals surface area contributed by atoms with Gasteiger partial charge in [0.25, 0.3) is 0 Å². The molecule has 0 aliphatic heterocycles. The van der Waals surface area contributed by atoms with Gasteiger partial charge in [-0.1, -0.05) is 68.4 Å². The molecule has 4 unspecified atom stereocenters. The average Bonchev–Trinajstić information content (AvgIpc) is 2.96. The summed E-state index contributed by atoms with van der Waals surface area (Å²) in [5.41, 5.74) is 0.670. The monoisotopic (exact) mass is 669 g/mol. The van der Waals surface area contributed by atoms with Crippen molar-refractivity contribution >= 4 is 36.5 Å². The molecule has 2 aromatic carbocycles. The quantitative estimate of drug-likeness (QED) is 0.155. The first-order valence-corrected chi connectivity index (χ1v) is 17.0. The third kappa shape index (κ3) is 13.2. The summed E-state index contributed by atoms with van der Waals surface area (Å²) in [6, 6.07) is 13.1. The zero-order chi connectivity index (χ0) is 35.5. The van der Waals surface area contributed by atoms with Crippen LogP contribution in [0.15, 0.2) is 54.6 Å². The highest BCUT2D eigenvalue weighted by Crippen LogP contribution is 2.30. The third-order valence-electron chi connectivity index (χ3n) is 7.36. The maximum atomic E-state index is 14.6. The second kappa shape index (κ2) is 17.6. The van der Waals surface area contributed by atoms with Gasteiger partial charge in [-0.05, 0) is 90.8 Å². The Hall–Kier alpha value is -3.53. The molecule has 47 heavy (non-hydrogen) atoms. The minimum absolute atomic E-state index is 0.0257. The molecule has 2 N–H and O–H groups in total. The van der Waals surface area contributed by atoms with E-state index in [4.69, 9.17) is 9.47 Å². The van der Waals surface area contributed by atoms with Gasteiger partial charge < -0.3 is 25.0 Å². The molecule has 10 heteroatoms. The van der Waals surface area contributed by atoms with Gasteiger partial charge in [-0.15, -0.1) is 0 Å². The fraction of sp³-hybridized carbons (Fsp3) is 0.568. The maximum Gasteiger partial charge on any atom is 0.408 e. The van der Waals surface area contributed by atoms with E-state index < -0.39 is 59.2 Å². The number of esters is 1. The first kappa shape index (κ1) is 39.6. The summed E-state index contributed by atoms with van der Waals surface area (Å²) in [5, 5.41) is 5.63. The highest BCUT2D eigenvalue weighted by atomic mass is 32.1. The Morgan fingerprint density at radius 3 is 1.89 bits per heavy atom. The number of carbonyl (C=O) groups is 4. The highest BCUT2D eigenvalue weighted by molar-refractivity contribution is 7.80. The number of aryl methyl sites for hydroxylation is 1. The van der Waals surface area contributed by atoms with Crippen molar-refractivity contribution in [1.82, 2.24) is 15.5 Å². The molecule has 0 spiro atoms. The summed E-state index contributed by atoms with van der Waals surface area (Å²) < 4.78 is 11.2. The number of hydrogen-bond acceptors (Lipinski definition) is 7. The number of carbonyl (C=O) groups excluding carboxylic acids is 4. The Kier molecular flexibility index (Phi) is 14.8. The molecule has 0 radical (unpaired) electrons. The molecule has 0 aromatic heterocycles. The summed E-state index contributed by atoms with van der Waals surface area (Å²) in [4.78, 5) is 57.0. The van der Waals surface area contributed by atoms with E-state index in [0.717, 1.165) is 17.5 Å². The van der Waals surface area contributed by atoms with Gasteiger partial charge in [0.15, 0.2) is 0 Å². The van der Waals surface area contributed by atoms with Crippen molar-refractivity contribution in [2.45, 2.75) is 124 Å². The number of amides is 3. The summed E-state index contributed by atoms with van der Waals surface area (Å²) in [5.74, 6) is -1.28. The standard InChI is InChI=1S/C37H55N3O6S/c1-24(2)20-21-26(4)40(33(42)30(23-47)39-35(44)46-37(8,9)10)31(28-19-15-14-16-25(28)3)32(41)38-29(34(43)45-36(5,6)7)22-27-17-12-11-13-18-27/h11-19,24,26,29-31,47H,20-23H2,1-10H3,(H,38,41)(H,39,44). The zero-order valence-electron chi connectivity index (χ0n) is 29.8. The van der Waals surface area contributed by atoms with Crippen LogP contribution in [0, 0.1) is 12.8 Å². The van der Waals surface area contributed by atoms with E-state index in [0.29, 0.717) is 17.9 Å². The van der Waals surface area contributed by atoms with E-state index in [-0.39, 0.29) is 12.2 Å².